The maximum atomic E-state index is 13.8. The second kappa shape index (κ2) is 7.39. The highest BCUT2D eigenvalue weighted by Gasteiger charge is 2.60. The highest BCUT2D eigenvalue weighted by atomic mass is 19.1. The molecule has 6 rings (SSSR count). The lowest BCUT2D eigenvalue weighted by Gasteiger charge is -2.57. The number of rotatable bonds is 4. The number of nitrogens with zero attached hydrogens (tertiary/aromatic N) is 2. The van der Waals surface area contributed by atoms with Gasteiger partial charge in [-0.2, -0.15) is 0 Å². The van der Waals surface area contributed by atoms with Crippen LogP contribution in [0.5, 0.6) is 0 Å². The smallest absolute Gasteiger partial charge is 0.410 e. The topological polar surface area (TPSA) is 80.8 Å². The zero-order chi connectivity index (χ0) is 20.9. The largest absolute Gasteiger partial charge is 0.469 e. The Hall–Kier alpha value is -2.38. The summed E-state index contributed by atoms with van der Waals surface area (Å²) in [4.78, 5) is 31.0. The molecule has 0 radical (unpaired) electrons. The van der Waals surface area contributed by atoms with Crippen LogP contribution in [0.2, 0.25) is 0 Å². The van der Waals surface area contributed by atoms with Crippen molar-refractivity contribution in [2.24, 2.45) is 23.2 Å². The molecular formula is C22H28FN3O4. The highest BCUT2D eigenvalue weighted by Crippen LogP contribution is 2.61. The Bertz CT molecular complexity index is 833. The summed E-state index contributed by atoms with van der Waals surface area (Å²) in [6.45, 7) is 1.04. The summed E-state index contributed by atoms with van der Waals surface area (Å²) in [7, 11) is 1.47. The number of anilines is 1. The van der Waals surface area contributed by atoms with Gasteiger partial charge in [0.1, 0.15) is 6.10 Å². The minimum atomic E-state index is -0.397. The van der Waals surface area contributed by atoms with E-state index in [1.807, 2.05) is 0 Å². The second-order valence-corrected chi connectivity index (χ2v) is 9.50. The van der Waals surface area contributed by atoms with E-state index in [-0.39, 0.29) is 47.3 Å². The summed E-state index contributed by atoms with van der Waals surface area (Å²) in [5.41, 5.74) is -0.371. The molecule has 1 saturated heterocycles. The van der Waals surface area contributed by atoms with Crippen LogP contribution >= 0.6 is 0 Å². The molecule has 0 aromatic carbocycles. The first-order valence-electron chi connectivity index (χ1n) is 10.9. The van der Waals surface area contributed by atoms with Crippen LogP contribution in [0, 0.1) is 29.0 Å². The van der Waals surface area contributed by atoms with Gasteiger partial charge in [0, 0.05) is 25.3 Å². The molecule has 1 aromatic heterocycles. The van der Waals surface area contributed by atoms with E-state index in [4.69, 9.17) is 9.47 Å². The van der Waals surface area contributed by atoms with Crippen LogP contribution in [0.3, 0.4) is 0 Å². The minimum absolute atomic E-state index is 0.0527. The van der Waals surface area contributed by atoms with Gasteiger partial charge in [0.05, 0.1) is 12.5 Å². The molecule has 2 unspecified atom stereocenters. The molecule has 30 heavy (non-hydrogen) atoms. The Labute approximate surface area is 175 Å². The normalized spacial score (nSPS) is 36.6. The molecule has 3 atom stereocenters. The fourth-order valence-corrected chi connectivity index (χ4v) is 6.56. The zero-order valence-electron chi connectivity index (χ0n) is 17.2. The molecule has 1 amide bonds. The summed E-state index contributed by atoms with van der Waals surface area (Å²) in [5, 5.41) is 3.09. The molecule has 4 aliphatic carbocycles. The first-order chi connectivity index (χ1) is 14.5. The first-order valence-corrected chi connectivity index (χ1v) is 10.9. The van der Waals surface area contributed by atoms with Crippen molar-refractivity contribution in [2.75, 3.05) is 25.5 Å². The Morgan fingerprint density at radius 1 is 1.27 bits per heavy atom. The number of halogens is 1. The summed E-state index contributed by atoms with van der Waals surface area (Å²) >= 11 is 0. The van der Waals surface area contributed by atoms with Gasteiger partial charge in [0.25, 0.3) is 0 Å². The van der Waals surface area contributed by atoms with Gasteiger partial charge in [0.15, 0.2) is 11.6 Å². The molecule has 4 bridgehead atoms. The molecule has 1 aromatic rings. The Morgan fingerprint density at radius 2 is 2.03 bits per heavy atom. The third-order valence-electron chi connectivity index (χ3n) is 7.59. The summed E-state index contributed by atoms with van der Waals surface area (Å²) in [6.07, 6.45) is 6.32. The van der Waals surface area contributed by atoms with Crippen LogP contribution in [-0.2, 0) is 14.3 Å². The van der Waals surface area contributed by atoms with Gasteiger partial charge < -0.3 is 19.7 Å². The molecule has 0 spiro atoms. The zero-order valence-corrected chi connectivity index (χ0v) is 17.2. The molecule has 5 fully saturated rings. The molecule has 4 saturated carbocycles. The van der Waals surface area contributed by atoms with E-state index >= 15 is 0 Å². The number of hydrogen-bond donors (Lipinski definition) is 1. The maximum absolute atomic E-state index is 13.8. The van der Waals surface area contributed by atoms with Crippen LogP contribution in [0.4, 0.5) is 15.0 Å². The number of carbonyl (C=O) groups is 2. The quantitative estimate of drug-likeness (QED) is 0.758. The van der Waals surface area contributed by atoms with E-state index < -0.39 is 5.82 Å². The molecular weight excluding hydrogens is 389 g/mol. The van der Waals surface area contributed by atoms with Crippen molar-refractivity contribution in [2.45, 2.75) is 50.7 Å². The fraction of sp³-hybridized carbons (Fsp3) is 0.682. The molecule has 5 aliphatic rings. The van der Waals surface area contributed by atoms with Crippen molar-refractivity contribution in [3.63, 3.8) is 0 Å². The summed E-state index contributed by atoms with van der Waals surface area (Å²) in [5.74, 6) is 0.725. The third kappa shape index (κ3) is 3.30. The van der Waals surface area contributed by atoms with Crippen LogP contribution in [-0.4, -0.2) is 54.3 Å². The molecule has 1 aliphatic heterocycles. The number of likely N-dealkylation sites (tertiary alicyclic amines) is 1. The molecule has 7 nitrogen and oxygen atoms in total. The van der Waals surface area contributed by atoms with Crippen molar-refractivity contribution in [1.29, 1.82) is 0 Å². The Kier molecular flexibility index (Phi) is 4.82. The monoisotopic (exact) mass is 417 g/mol. The lowest BCUT2D eigenvalue weighted by molar-refractivity contribution is -0.182. The number of carbonyl (C=O) groups excluding carboxylic acids is 2. The van der Waals surface area contributed by atoms with Gasteiger partial charge >= 0.3 is 12.1 Å². The van der Waals surface area contributed by atoms with E-state index in [1.54, 1.807) is 17.2 Å². The van der Waals surface area contributed by atoms with Gasteiger partial charge in [-0.1, -0.05) is 0 Å². The Morgan fingerprint density at radius 3 is 2.73 bits per heavy atom. The van der Waals surface area contributed by atoms with E-state index in [9.17, 15) is 14.0 Å². The minimum Gasteiger partial charge on any atom is -0.469 e. The number of esters is 1. The molecule has 162 valence electrons. The maximum Gasteiger partial charge on any atom is 0.410 e. The highest BCUT2D eigenvalue weighted by molar-refractivity contribution is 5.77. The van der Waals surface area contributed by atoms with Crippen molar-refractivity contribution in [3.05, 3.63) is 24.1 Å². The number of nitrogens with one attached hydrogen (secondary N) is 1. The van der Waals surface area contributed by atoms with Crippen molar-refractivity contribution < 1.29 is 23.5 Å². The third-order valence-corrected chi connectivity index (χ3v) is 7.59. The molecule has 2 heterocycles. The van der Waals surface area contributed by atoms with Crippen LogP contribution in [0.1, 0.15) is 38.5 Å². The number of amides is 1. The fourth-order valence-electron chi connectivity index (χ4n) is 6.56. The standard InChI is InChI=1S/C22H28FN3O4/c1-29-20(27)22-9-13-7-14(10-22)18(15(8-13)11-22)30-21(28)26-6-4-16(12-26)25-19-17(23)3-2-5-24-19/h2-3,5,13-16,18H,4,6-12H2,1H3,(H,24,25)/t13?,14?,15?,16-,18?,22?/m1/s1. The van der Waals surface area contributed by atoms with Gasteiger partial charge in [-0.3, -0.25) is 4.79 Å². The van der Waals surface area contributed by atoms with Gasteiger partial charge in [-0.15, -0.1) is 0 Å². The van der Waals surface area contributed by atoms with Crippen molar-refractivity contribution in [3.8, 4) is 0 Å². The predicted molar refractivity (Wildman–Crippen MR) is 106 cm³/mol. The van der Waals surface area contributed by atoms with Crippen LogP contribution in [0.25, 0.3) is 0 Å². The van der Waals surface area contributed by atoms with Crippen molar-refractivity contribution in [1.82, 2.24) is 9.88 Å². The molecule has 8 heteroatoms. The Balaban J connectivity index is 1.20. The van der Waals surface area contributed by atoms with Crippen molar-refractivity contribution >= 4 is 17.9 Å². The van der Waals surface area contributed by atoms with Gasteiger partial charge in [-0.05, 0) is 68.4 Å². The summed E-state index contributed by atoms with van der Waals surface area (Å²) in [6, 6.07) is 2.86. The van der Waals surface area contributed by atoms with E-state index in [0.717, 1.165) is 38.5 Å². The number of pyridine rings is 1. The number of hydrogen-bond acceptors (Lipinski definition) is 6. The predicted octanol–water partition coefficient (Wildman–Crippen LogP) is 3.21. The summed E-state index contributed by atoms with van der Waals surface area (Å²) < 4.78 is 24.9. The van der Waals surface area contributed by atoms with Gasteiger partial charge in [0.2, 0.25) is 0 Å². The SMILES string of the molecule is COC(=O)C12CC3CC(C1)C(OC(=O)N1CC[C@@H](Nc4ncccc4F)C1)C(C3)C2. The number of methoxy groups -OCH3 is 1. The number of aromatic nitrogens is 1. The number of ether oxygens (including phenoxy) is 2. The van der Waals surface area contributed by atoms with Crippen LogP contribution < -0.4 is 5.32 Å². The average molecular weight is 417 g/mol. The lowest BCUT2D eigenvalue weighted by atomic mass is 9.48. The second-order valence-electron chi connectivity index (χ2n) is 9.50. The lowest BCUT2D eigenvalue weighted by Crippen LogP contribution is -2.58. The average Bonchev–Trinajstić information content (AvgIpc) is 3.20. The van der Waals surface area contributed by atoms with Crippen LogP contribution in [0.15, 0.2) is 18.3 Å². The van der Waals surface area contributed by atoms with E-state index in [0.29, 0.717) is 19.0 Å². The first kappa shape index (κ1) is 19.6. The molecule has 1 N–H and O–H groups in total. The van der Waals surface area contributed by atoms with E-state index in [1.165, 1.54) is 13.2 Å². The van der Waals surface area contributed by atoms with Gasteiger partial charge in [-0.25, -0.2) is 14.2 Å². The van der Waals surface area contributed by atoms with E-state index in [2.05, 4.69) is 10.3 Å².